The van der Waals surface area contributed by atoms with Crippen molar-refractivity contribution in [3.05, 3.63) is 35.4 Å². The lowest BCUT2D eigenvalue weighted by Gasteiger charge is -2.28. The van der Waals surface area contributed by atoms with Gasteiger partial charge < -0.3 is 15.5 Å². The molecular weight excluding hydrogens is 348 g/mol. The number of guanidine groups is 1. The van der Waals surface area contributed by atoms with Crippen molar-refractivity contribution in [3.63, 3.8) is 0 Å². The number of hydrogen-bond donors (Lipinski definition) is 2. The van der Waals surface area contributed by atoms with Crippen LogP contribution in [0.5, 0.6) is 0 Å². The van der Waals surface area contributed by atoms with E-state index in [9.17, 15) is 4.79 Å². The molecule has 2 fully saturated rings. The molecule has 0 atom stereocenters. The first-order chi connectivity index (χ1) is 13.7. The second kappa shape index (κ2) is 9.94. The van der Waals surface area contributed by atoms with Gasteiger partial charge in [0.1, 0.15) is 0 Å². The van der Waals surface area contributed by atoms with Crippen LogP contribution in [0.25, 0.3) is 0 Å². The van der Waals surface area contributed by atoms with Gasteiger partial charge in [0.25, 0.3) is 5.91 Å². The highest BCUT2D eigenvalue weighted by molar-refractivity contribution is 5.94. The molecule has 1 aromatic carbocycles. The van der Waals surface area contributed by atoms with E-state index >= 15 is 0 Å². The number of piperidine rings is 1. The standard InChI is InChI=1S/C23H36N4O/c1-3-23(12-5-6-13-23)18-26-22(24-2)25-17-19-10-9-11-20(16-19)21(28)27-14-7-4-8-15-27/h9-11,16H,3-8,12-15,17-18H2,1-2H3,(H2,24,25,26). The van der Waals surface area contributed by atoms with Gasteiger partial charge in [-0.3, -0.25) is 9.79 Å². The van der Waals surface area contributed by atoms with E-state index in [2.05, 4.69) is 28.6 Å². The van der Waals surface area contributed by atoms with Crippen molar-refractivity contribution in [2.45, 2.75) is 64.8 Å². The summed E-state index contributed by atoms with van der Waals surface area (Å²) in [4.78, 5) is 19.1. The van der Waals surface area contributed by atoms with Crippen LogP contribution in [0, 0.1) is 5.41 Å². The van der Waals surface area contributed by atoms with Crippen molar-refractivity contribution in [3.8, 4) is 0 Å². The van der Waals surface area contributed by atoms with Crippen molar-refractivity contribution in [1.82, 2.24) is 15.5 Å². The largest absolute Gasteiger partial charge is 0.356 e. The predicted molar refractivity (Wildman–Crippen MR) is 116 cm³/mol. The Labute approximate surface area is 170 Å². The van der Waals surface area contributed by atoms with Crippen LogP contribution in [0.2, 0.25) is 0 Å². The third-order valence-corrected chi connectivity index (χ3v) is 6.55. The van der Waals surface area contributed by atoms with Crippen LogP contribution in [0.1, 0.15) is 74.2 Å². The Hall–Kier alpha value is -2.04. The lowest BCUT2D eigenvalue weighted by Crippen LogP contribution is -2.42. The van der Waals surface area contributed by atoms with E-state index in [4.69, 9.17) is 0 Å². The van der Waals surface area contributed by atoms with E-state index in [1.165, 1.54) is 38.5 Å². The summed E-state index contributed by atoms with van der Waals surface area (Å²) < 4.78 is 0. The molecule has 1 saturated heterocycles. The number of benzene rings is 1. The molecule has 1 heterocycles. The molecule has 1 aromatic rings. The molecule has 0 unspecified atom stereocenters. The van der Waals surface area contributed by atoms with Crippen LogP contribution in [0.4, 0.5) is 0 Å². The smallest absolute Gasteiger partial charge is 0.253 e. The Bertz CT molecular complexity index is 673. The number of aliphatic imine (C=N–C) groups is 1. The third kappa shape index (κ3) is 5.27. The van der Waals surface area contributed by atoms with Crippen LogP contribution in [-0.2, 0) is 6.54 Å². The second-order valence-electron chi connectivity index (χ2n) is 8.39. The van der Waals surface area contributed by atoms with E-state index in [0.29, 0.717) is 12.0 Å². The maximum atomic E-state index is 12.7. The molecule has 5 heteroatoms. The van der Waals surface area contributed by atoms with Gasteiger partial charge in [0.2, 0.25) is 0 Å². The number of likely N-dealkylation sites (tertiary alicyclic amines) is 1. The van der Waals surface area contributed by atoms with E-state index < -0.39 is 0 Å². The first-order valence-corrected chi connectivity index (χ1v) is 11.0. The Kier molecular flexibility index (Phi) is 7.35. The van der Waals surface area contributed by atoms with Gasteiger partial charge in [-0.25, -0.2) is 0 Å². The average Bonchev–Trinajstić information content (AvgIpc) is 3.23. The maximum absolute atomic E-state index is 12.7. The summed E-state index contributed by atoms with van der Waals surface area (Å²) in [5, 5.41) is 6.94. The summed E-state index contributed by atoms with van der Waals surface area (Å²) in [7, 11) is 1.82. The van der Waals surface area contributed by atoms with Gasteiger partial charge in [0.15, 0.2) is 5.96 Å². The van der Waals surface area contributed by atoms with Gasteiger partial charge in [-0.05, 0) is 61.6 Å². The first kappa shape index (κ1) is 20.7. The Morgan fingerprint density at radius 1 is 1.11 bits per heavy atom. The second-order valence-corrected chi connectivity index (χ2v) is 8.39. The lowest BCUT2D eigenvalue weighted by atomic mass is 9.83. The molecule has 1 amide bonds. The Morgan fingerprint density at radius 2 is 1.86 bits per heavy atom. The summed E-state index contributed by atoms with van der Waals surface area (Å²) in [5.74, 6) is 1.00. The van der Waals surface area contributed by atoms with E-state index in [0.717, 1.165) is 49.6 Å². The average molecular weight is 385 g/mol. The van der Waals surface area contributed by atoms with Crippen molar-refractivity contribution in [2.75, 3.05) is 26.7 Å². The SMILES string of the molecule is CCC1(CNC(=NC)NCc2cccc(C(=O)N3CCCCC3)c2)CCCC1. The topological polar surface area (TPSA) is 56.7 Å². The minimum absolute atomic E-state index is 0.162. The van der Waals surface area contributed by atoms with Crippen LogP contribution < -0.4 is 10.6 Å². The minimum atomic E-state index is 0.162. The van der Waals surface area contributed by atoms with Gasteiger partial charge in [-0.1, -0.05) is 31.9 Å². The van der Waals surface area contributed by atoms with Crippen molar-refractivity contribution in [1.29, 1.82) is 0 Å². The van der Waals surface area contributed by atoms with Gasteiger partial charge in [0.05, 0.1) is 0 Å². The highest BCUT2D eigenvalue weighted by Gasteiger charge is 2.31. The molecule has 1 aliphatic carbocycles. The van der Waals surface area contributed by atoms with Crippen molar-refractivity contribution < 1.29 is 4.79 Å². The van der Waals surface area contributed by atoms with Gasteiger partial charge >= 0.3 is 0 Å². The lowest BCUT2D eigenvalue weighted by molar-refractivity contribution is 0.0724. The molecule has 0 bridgehead atoms. The molecule has 0 radical (unpaired) electrons. The van der Waals surface area contributed by atoms with Crippen LogP contribution in [0.3, 0.4) is 0 Å². The van der Waals surface area contributed by atoms with E-state index in [1.807, 2.05) is 30.1 Å². The summed E-state index contributed by atoms with van der Waals surface area (Å²) in [5.41, 5.74) is 2.33. The number of carbonyl (C=O) groups excluding carboxylic acids is 1. The normalized spacial score (nSPS) is 19.5. The quantitative estimate of drug-likeness (QED) is 0.577. The van der Waals surface area contributed by atoms with Gasteiger partial charge in [-0.15, -0.1) is 0 Å². The first-order valence-electron chi connectivity index (χ1n) is 11.0. The summed E-state index contributed by atoms with van der Waals surface area (Å²) in [6.45, 7) is 5.72. The van der Waals surface area contributed by atoms with Gasteiger partial charge in [-0.2, -0.15) is 0 Å². The van der Waals surface area contributed by atoms with E-state index in [1.54, 1.807) is 0 Å². The van der Waals surface area contributed by atoms with Gasteiger partial charge in [0, 0.05) is 38.8 Å². The zero-order valence-electron chi connectivity index (χ0n) is 17.6. The zero-order chi connectivity index (χ0) is 19.8. The highest BCUT2D eigenvalue weighted by atomic mass is 16.2. The molecule has 154 valence electrons. The molecule has 28 heavy (non-hydrogen) atoms. The van der Waals surface area contributed by atoms with Crippen LogP contribution >= 0.6 is 0 Å². The fraction of sp³-hybridized carbons (Fsp3) is 0.652. The van der Waals surface area contributed by atoms with Crippen LogP contribution in [0.15, 0.2) is 29.3 Å². The number of carbonyl (C=O) groups is 1. The Balaban J connectivity index is 1.53. The molecule has 1 aliphatic heterocycles. The molecule has 2 aliphatic rings. The molecular formula is C23H36N4O. The minimum Gasteiger partial charge on any atom is -0.356 e. The number of nitrogens with zero attached hydrogens (tertiary/aromatic N) is 2. The monoisotopic (exact) mass is 384 g/mol. The van der Waals surface area contributed by atoms with Crippen molar-refractivity contribution in [2.24, 2.45) is 10.4 Å². The number of nitrogens with one attached hydrogen (secondary N) is 2. The highest BCUT2D eigenvalue weighted by Crippen LogP contribution is 2.40. The van der Waals surface area contributed by atoms with Crippen LogP contribution in [-0.4, -0.2) is 43.4 Å². The fourth-order valence-corrected chi connectivity index (χ4v) is 4.55. The molecule has 0 spiro atoms. The Morgan fingerprint density at radius 3 is 2.54 bits per heavy atom. The molecule has 2 N–H and O–H groups in total. The maximum Gasteiger partial charge on any atom is 0.253 e. The number of amides is 1. The molecule has 3 rings (SSSR count). The fourth-order valence-electron chi connectivity index (χ4n) is 4.55. The number of hydrogen-bond acceptors (Lipinski definition) is 2. The molecule has 5 nitrogen and oxygen atoms in total. The third-order valence-electron chi connectivity index (χ3n) is 6.55. The number of rotatable bonds is 6. The predicted octanol–water partition coefficient (Wildman–Crippen LogP) is 3.95. The zero-order valence-corrected chi connectivity index (χ0v) is 17.6. The van der Waals surface area contributed by atoms with Crippen molar-refractivity contribution >= 4 is 11.9 Å². The summed E-state index contributed by atoms with van der Waals surface area (Å²) in [6.07, 6.45) is 10.0. The molecule has 0 aromatic heterocycles. The summed E-state index contributed by atoms with van der Waals surface area (Å²) >= 11 is 0. The molecule has 1 saturated carbocycles. The van der Waals surface area contributed by atoms with E-state index in [-0.39, 0.29) is 5.91 Å². The summed E-state index contributed by atoms with van der Waals surface area (Å²) in [6, 6.07) is 7.99.